The zero-order chi connectivity index (χ0) is 19.3. The second kappa shape index (κ2) is 8.59. The Morgan fingerprint density at radius 1 is 0.929 bits per heavy atom. The van der Waals surface area contributed by atoms with Gasteiger partial charge in [0, 0.05) is 17.2 Å². The molecule has 1 fully saturated rings. The van der Waals surface area contributed by atoms with E-state index in [0.29, 0.717) is 0 Å². The van der Waals surface area contributed by atoms with E-state index in [-0.39, 0.29) is 0 Å². The van der Waals surface area contributed by atoms with Gasteiger partial charge in [0.1, 0.15) is 50.7 Å². The van der Waals surface area contributed by atoms with Gasteiger partial charge < -0.3 is 19.1 Å². The largest absolute Gasteiger partial charge is 0.496 e. The smallest absolute Gasteiger partial charge is 0.167 e. The van der Waals surface area contributed by atoms with Crippen molar-refractivity contribution >= 4 is 0 Å². The summed E-state index contributed by atoms with van der Waals surface area (Å²) in [5, 5.41) is 4.29. The minimum Gasteiger partial charge on any atom is -0.496 e. The van der Waals surface area contributed by atoms with Gasteiger partial charge in [-0.25, -0.2) is 0 Å². The molecular weight excluding hydrogens is 350 g/mol. The number of ether oxygens (including phenoxy) is 1. The van der Waals surface area contributed by atoms with Crippen molar-refractivity contribution in [3.8, 4) is 17.1 Å². The van der Waals surface area contributed by atoms with Crippen molar-refractivity contribution in [2.75, 3.05) is 33.3 Å². The van der Waals surface area contributed by atoms with Gasteiger partial charge in [0.05, 0.1) is 7.11 Å². The number of benzene rings is 2. The highest BCUT2D eigenvalue weighted by Crippen LogP contribution is 2.19. The first kappa shape index (κ1) is 18.7. The van der Waals surface area contributed by atoms with Crippen LogP contribution in [-0.4, -0.2) is 38.4 Å². The summed E-state index contributed by atoms with van der Waals surface area (Å²) in [4.78, 5) is 3.20. The van der Waals surface area contributed by atoms with Crippen LogP contribution >= 0.6 is 0 Å². The Hall–Kier alpha value is -2.63. The molecule has 0 bridgehead atoms. The maximum Gasteiger partial charge on any atom is 0.167 e. The fourth-order valence-electron chi connectivity index (χ4n) is 4.02. The summed E-state index contributed by atoms with van der Waals surface area (Å²) in [6.07, 6.45) is 0. The van der Waals surface area contributed by atoms with Gasteiger partial charge in [-0.1, -0.05) is 47.1 Å². The molecule has 2 heterocycles. The monoisotopic (exact) mass is 379 g/mol. The normalized spacial score (nSPS) is 19.5. The zero-order valence-electron chi connectivity index (χ0n) is 16.7. The summed E-state index contributed by atoms with van der Waals surface area (Å²) in [6, 6.07) is 18.7. The number of methoxy groups -OCH3 is 1. The van der Waals surface area contributed by atoms with Crippen LogP contribution in [0.3, 0.4) is 0 Å². The molecular formula is C23H29N3O2+2. The van der Waals surface area contributed by atoms with Crippen LogP contribution in [0.4, 0.5) is 0 Å². The Labute approximate surface area is 166 Å². The lowest BCUT2D eigenvalue weighted by Gasteiger charge is -2.29. The van der Waals surface area contributed by atoms with E-state index in [1.807, 2.05) is 18.2 Å². The van der Waals surface area contributed by atoms with Crippen molar-refractivity contribution in [3.63, 3.8) is 0 Å². The average Bonchev–Trinajstić information content (AvgIpc) is 3.19. The molecule has 1 aliphatic rings. The van der Waals surface area contributed by atoms with Crippen LogP contribution in [0, 0.1) is 6.92 Å². The topological polar surface area (TPSA) is 44.1 Å². The number of hydrogen-bond acceptors (Lipinski definition) is 3. The van der Waals surface area contributed by atoms with Crippen LogP contribution in [0.5, 0.6) is 5.75 Å². The minimum atomic E-state index is 0.853. The van der Waals surface area contributed by atoms with Crippen molar-refractivity contribution in [1.29, 1.82) is 0 Å². The Morgan fingerprint density at radius 2 is 1.64 bits per heavy atom. The van der Waals surface area contributed by atoms with Crippen LogP contribution in [0.25, 0.3) is 11.3 Å². The number of hydrogen-bond donors (Lipinski definition) is 2. The molecule has 3 aromatic rings. The molecule has 2 N–H and O–H groups in total. The Bertz CT molecular complexity index is 899. The molecule has 5 heteroatoms. The summed E-state index contributed by atoms with van der Waals surface area (Å²) < 4.78 is 11.1. The maximum absolute atomic E-state index is 5.55. The lowest BCUT2D eigenvalue weighted by molar-refractivity contribution is -1.02. The van der Waals surface area contributed by atoms with Crippen LogP contribution < -0.4 is 14.5 Å². The maximum atomic E-state index is 5.55. The molecule has 0 unspecified atom stereocenters. The van der Waals surface area contributed by atoms with E-state index in [0.717, 1.165) is 62.0 Å². The van der Waals surface area contributed by atoms with Crippen LogP contribution in [0.2, 0.25) is 0 Å². The Morgan fingerprint density at radius 3 is 2.36 bits per heavy atom. The molecule has 1 aromatic heterocycles. The Balaban J connectivity index is 1.31. The first-order valence-corrected chi connectivity index (χ1v) is 10.0. The SMILES string of the molecule is COc1ccc(C)cc1C[NH+]1CC[NH+](Cc2cc(-c3ccccc3)on2)CC1. The van der Waals surface area contributed by atoms with Crippen molar-refractivity contribution in [1.82, 2.24) is 5.16 Å². The quantitative estimate of drug-likeness (QED) is 0.675. The number of nitrogens with one attached hydrogen (secondary N) is 2. The van der Waals surface area contributed by atoms with E-state index in [4.69, 9.17) is 9.26 Å². The van der Waals surface area contributed by atoms with E-state index < -0.39 is 0 Å². The number of piperazine rings is 1. The number of aryl methyl sites for hydroxylation is 1. The third-order valence-electron chi connectivity index (χ3n) is 5.59. The van der Waals surface area contributed by atoms with Gasteiger partial charge in [-0.3, -0.25) is 0 Å². The molecule has 0 saturated carbocycles. The van der Waals surface area contributed by atoms with Gasteiger partial charge in [0.25, 0.3) is 0 Å². The number of quaternary nitrogens is 2. The second-order valence-corrected chi connectivity index (χ2v) is 7.72. The lowest BCUT2D eigenvalue weighted by Crippen LogP contribution is -3.27. The number of rotatable bonds is 6. The van der Waals surface area contributed by atoms with Crippen molar-refractivity contribution in [2.24, 2.45) is 0 Å². The molecule has 5 nitrogen and oxygen atoms in total. The summed E-state index contributed by atoms with van der Waals surface area (Å²) in [7, 11) is 1.76. The highest BCUT2D eigenvalue weighted by atomic mass is 16.5. The molecule has 1 saturated heterocycles. The van der Waals surface area contributed by atoms with E-state index in [2.05, 4.69) is 48.5 Å². The summed E-state index contributed by atoms with van der Waals surface area (Å²) >= 11 is 0. The summed E-state index contributed by atoms with van der Waals surface area (Å²) in [5.41, 5.74) is 4.72. The van der Waals surface area contributed by atoms with Crippen molar-refractivity contribution in [3.05, 3.63) is 71.4 Å². The van der Waals surface area contributed by atoms with Gasteiger partial charge in [-0.15, -0.1) is 0 Å². The molecule has 4 rings (SSSR count). The molecule has 146 valence electrons. The van der Waals surface area contributed by atoms with Crippen LogP contribution in [0.15, 0.2) is 59.1 Å². The molecule has 0 radical (unpaired) electrons. The fraction of sp³-hybridized carbons (Fsp3) is 0.348. The standard InChI is InChI=1S/C23H27N3O2/c1-18-8-9-22(27-2)20(14-18)16-25-10-12-26(13-11-25)17-21-15-23(28-24-21)19-6-4-3-5-7-19/h3-9,14-15H,10-13,16-17H2,1-2H3/p+2. The fourth-order valence-corrected chi connectivity index (χ4v) is 4.02. The average molecular weight is 380 g/mol. The molecule has 0 amide bonds. The van der Waals surface area contributed by atoms with Gasteiger partial charge in [-0.05, 0) is 19.1 Å². The summed E-state index contributed by atoms with van der Waals surface area (Å²) in [6.45, 7) is 8.72. The van der Waals surface area contributed by atoms with Gasteiger partial charge in [0.2, 0.25) is 0 Å². The minimum absolute atomic E-state index is 0.853. The van der Waals surface area contributed by atoms with Gasteiger partial charge >= 0.3 is 0 Å². The van der Waals surface area contributed by atoms with Crippen molar-refractivity contribution in [2.45, 2.75) is 20.0 Å². The van der Waals surface area contributed by atoms with Gasteiger partial charge in [0.15, 0.2) is 5.76 Å². The first-order valence-electron chi connectivity index (χ1n) is 10.0. The lowest BCUT2D eigenvalue weighted by atomic mass is 10.1. The molecule has 0 atom stereocenters. The third kappa shape index (κ3) is 4.43. The number of aromatic nitrogens is 1. The number of nitrogens with zero attached hydrogens (tertiary/aromatic N) is 1. The zero-order valence-corrected chi connectivity index (χ0v) is 16.7. The second-order valence-electron chi connectivity index (χ2n) is 7.72. The predicted octanol–water partition coefficient (Wildman–Crippen LogP) is 1.14. The predicted molar refractivity (Wildman–Crippen MR) is 108 cm³/mol. The van der Waals surface area contributed by atoms with E-state index in [9.17, 15) is 0 Å². The van der Waals surface area contributed by atoms with E-state index >= 15 is 0 Å². The molecule has 1 aliphatic heterocycles. The molecule has 2 aromatic carbocycles. The van der Waals surface area contributed by atoms with E-state index in [1.165, 1.54) is 11.1 Å². The molecule has 28 heavy (non-hydrogen) atoms. The van der Waals surface area contributed by atoms with Crippen LogP contribution in [-0.2, 0) is 13.1 Å². The summed E-state index contributed by atoms with van der Waals surface area (Å²) in [5.74, 6) is 1.86. The molecule has 0 aliphatic carbocycles. The van der Waals surface area contributed by atoms with Crippen LogP contribution in [0.1, 0.15) is 16.8 Å². The molecule has 0 spiro atoms. The highest BCUT2D eigenvalue weighted by molar-refractivity contribution is 5.56. The van der Waals surface area contributed by atoms with Gasteiger partial charge in [-0.2, -0.15) is 0 Å². The highest BCUT2D eigenvalue weighted by Gasteiger charge is 2.25. The van der Waals surface area contributed by atoms with Crippen molar-refractivity contribution < 1.29 is 19.1 Å². The Kier molecular flexibility index (Phi) is 5.74. The van der Waals surface area contributed by atoms with E-state index in [1.54, 1.807) is 16.9 Å². The third-order valence-corrected chi connectivity index (χ3v) is 5.59. The first-order chi connectivity index (χ1) is 13.7.